The number of carbonyl (C=O) groups is 1. The number of rotatable bonds is 10. The summed E-state index contributed by atoms with van der Waals surface area (Å²) in [7, 11) is 1.61. The maximum Gasteiger partial charge on any atom is 0.244 e. The summed E-state index contributed by atoms with van der Waals surface area (Å²) in [6.07, 6.45) is 7.64. The normalized spacial score (nSPS) is 10.8. The van der Waals surface area contributed by atoms with Crippen LogP contribution >= 0.6 is 0 Å². The Morgan fingerprint density at radius 2 is 2.16 bits per heavy atom. The molecule has 0 aliphatic carbocycles. The van der Waals surface area contributed by atoms with E-state index >= 15 is 0 Å². The summed E-state index contributed by atoms with van der Waals surface area (Å²) in [5.41, 5.74) is 0.876. The van der Waals surface area contributed by atoms with E-state index in [1.54, 1.807) is 19.4 Å². The molecule has 0 saturated heterocycles. The highest BCUT2D eigenvalue weighted by Crippen LogP contribution is 2.28. The molecule has 1 N–H and O–H groups in total. The zero-order valence-corrected chi connectivity index (χ0v) is 14.8. The molecule has 25 heavy (non-hydrogen) atoms. The van der Waals surface area contributed by atoms with Crippen molar-refractivity contribution in [2.75, 3.05) is 20.3 Å². The zero-order valence-electron chi connectivity index (χ0n) is 14.8. The number of hydrogen-bond donors (Lipinski definition) is 1. The summed E-state index contributed by atoms with van der Waals surface area (Å²) < 4.78 is 16.3. The molecule has 0 unspecified atom stereocenters. The predicted molar refractivity (Wildman–Crippen MR) is 97.9 cm³/mol. The maximum atomic E-state index is 11.9. The molecule has 134 valence electrons. The first kappa shape index (κ1) is 18.6. The third-order valence-electron chi connectivity index (χ3n) is 3.62. The summed E-state index contributed by atoms with van der Waals surface area (Å²) >= 11 is 0. The smallest absolute Gasteiger partial charge is 0.244 e. The second-order valence-electron chi connectivity index (χ2n) is 5.57. The second kappa shape index (κ2) is 10.2. The molecule has 0 atom stereocenters. The lowest BCUT2D eigenvalue weighted by Crippen LogP contribution is -2.23. The van der Waals surface area contributed by atoms with Crippen molar-refractivity contribution >= 4 is 12.0 Å². The van der Waals surface area contributed by atoms with Gasteiger partial charge in [0.1, 0.15) is 5.76 Å². The first-order chi connectivity index (χ1) is 12.2. The van der Waals surface area contributed by atoms with Crippen LogP contribution in [0.25, 0.3) is 6.08 Å². The Morgan fingerprint density at radius 1 is 1.28 bits per heavy atom. The van der Waals surface area contributed by atoms with Gasteiger partial charge in [-0.05, 0) is 42.3 Å². The average molecular weight is 343 g/mol. The average Bonchev–Trinajstić information content (AvgIpc) is 3.14. The molecule has 0 radical (unpaired) electrons. The van der Waals surface area contributed by atoms with Crippen molar-refractivity contribution in [2.45, 2.75) is 26.2 Å². The van der Waals surface area contributed by atoms with Gasteiger partial charge in [-0.15, -0.1) is 0 Å². The van der Waals surface area contributed by atoms with Gasteiger partial charge in [-0.25, -0.2) is 0 Å². The van der Waals surface area contributed by atoms with Crippen LogP contribution in [0.15, 0.2) is 47.1 Å². The lowest BCUT2D eigenvalue weighted by atomic mass is 10.2. The molecule has 1 aromatic carbocycles. The molecule has 5 nitrogen and oxygen atoms in total. The number of ether oxygens (including phenoxy) is 2. The quantitative estimate of drug-likeness (QED) is 0.526. The van der Waals surface area contributed by atoms with Gasteiger partial charge in [-0.2, -0.15) is 0 Å². The monoisotopic (exact) mass is 343 g/mol. The molecule has 1 aromatic heterocycles. The fourth-order valence-corrected chi connectivity index (χ4v) is 2.23. The van der Waals surface area contributed by atoms with Gasteiger partial charge in [0.25, 0.3) is 0 Å². The highest BCUT2D eigenvalue weighted by molar-refractivity contribution is 5.91. The molecule has 1 amide bonds. The molecule has 0 fully saturated rings. The molecule has 2 rings (SSSR count). The Hall–Kier alpha value is -2.69. The van der Waals surface area contributed by atoms with Crippen LogP contribution in [0, 0.1) is 0 Å². The topological polar surface area (TPSA) is 60.7 Å². The lowest BCUT2D eigenvalue weighted by molar-refractivity contribution is -0.116. The maximum absolute atomic E-state index is 11.9. The van der Waals surface area contributed by atoms with Crippen LogP contribution in [0.1, 0.15) is 31.1 Å². The molecule has 0 aliphatic rings. The van der Waals surface area contributed by atoms with Crippen molar-refractivity contribution in [1.29, 1.82) is 0 Å². The summed E-state index contributed by atoms with van der Waals surface area (Å²) in [6, 6.07) is 9.34. The first-order valence-corrected chi connectivity index (χ1v) is 8.52. The van der Waals surface area contributed by atoms with E-state index in [0.717, 1.165) is 29.9 Å². The molecule has 2 aromatic rings. The van der Waals surface area contributed by atoms with Gasteiger partial charge < -0.3 is 19.2 Å². The fraction of sp³-hybridized carbons (Fsp3) is 0.350. The Bertz CT molecular complexity index is 677. The third-order valence-corrected chi connectivity index (χ3v) is 3.62. The van der Waals surface area contributed by atoms with E-state index in [9.17, 15) is 4.79 Å². The second-order valence-corrected chi connectivity index (χ2v) is 5.57. The van der Waals surface area contributed by atoms with Crippen LogP contribution < -0.4 is 14.8 Å². The van der Waals surface area contributed by atoms with Crippen LogP contribution in [0.2, 0.25) is 0 Å². The molecule has 0 saturated carbocycles. The van der Waals surface area contributed by atoms with Gasteiger partial charge in [0.2, 0.25) is 5.91 Å². The molecule has 0 spiro atoms. The van der Waals surface area contributed by atoms with E-state index in [4.69, 9.17) is 13.9 Å². The highest BCUT2D eigenvalue weighted by Gasteiger charge is 2.05. The molecular formula is C20H25NO4. The van der Waals surface area contributed by atoms with Crippen molar-refractivity contribution < 1.29 is 18.7 Å². The minimum atomic E-state index is -0.145. The lowest BCUT2D eigenvalue weighted by Gasteiger charge is -2.10. The van der Waals surface area contributed by atoms with Crippen LogP contribution in [-0.2, 0) is 11.2 Å². The number of unbranched alkanes of at least 4 members (excludes halogenated alkanes) is 1. The van der Waals surface area contributed by atoms with E-state index in [1.165, 1.54) is 6.08 Å². The van der Waals surface area contributed by atoms with Gasteiger partial charge in [0.15, 0.2) is 11.5 Å². The summed E-state index contributed by atoms with van der Waals surface area (Å²) in [6.45, 7) is 3.32. The van der Waals surface area contributed by atoms with Gasteiger partial charge in [0.05, 0.1) is 20.0 Å². The highest BCUT2D eigenvalue weighted by atomic mass is 16.5. The minimum Gasteiger partial charge on any atom is -0.493 e. The number of amides is 1. The molecular weight excluding hydrogens is 318 g/mol. The summed E-state index contributed by atoms with van der Waals surface area (Å²) in [5, 5.41) is 2.82. The van der Waals surface area contributed by atoms with Crippen LogP contribution in [0.3, 0.4) is 0 Å². The molecule has 0 aliphatic heterocycles. The van der Waals surface area contributed by atoms with E-state index in [-0.39, 0.29) is 5.91 Å². The van der Waals surface area contributed by atoms with E-state index in [1.807, 2.05) is 30.3 Å². The van der Waals surface area contributed by atoms with Crippen molar-refractivity contribution in [2.24, 2.45) is 0 Å². The third kappa shape index (κ3) is 6.37. The number of nitrogens with one attached hydrogen (secondary N) is 1. The van der Waals surface area contributed by atoms with Gasteiger partial charge in [-0.3, -0.25) is 4.79 Å². The zero-order chi connectivity index (χ0) is 17.9. The van der Waals surface area contributed by atoms with Crippen LogP contribution in [0.5, 0.6) is 11.5 Å². The van der Waals surface area contributed by atoms with Crippen molar-refractivity contribution in [1.82, 2.24) is 5.32 Å². The van der Waals surface area contributed by atoms with Crippen LogP contribution in [0.4, 0.5) is 0 Å². The number of methoxy groups -OCH3 is 1. The SMILES string of the molecule is CCCCOc1ccc(/C=C/C(=O)NCCc2ccco2)cc1OC. The molecule has 0 bridgehead atoms. The summed E-state index contributed by atoms with van der Waals surface area (Å²) in [4.78, 5) is 11.9. The van der Waals surface area contributed by atoms with Crippen molar-refractivity contribution in [3.05, 3.63) is 54.0 Å². The Labute approximate surface area is 148 Å². The number of furan rings is 1. The fourth-order valence-electron chi connectivity index (χ4n) is 2.23. The van der Waals surface area contributed by atoms with Gasteiger partial charge >= 0.3 is 0 Å². The molecule has 1 heterocycles. The number of carbonyl (C=O) groups excluding carboxylic acids is 1. The van der Waals surface area contributed by atoms with Gasteiger partial charge in [-0.1, -0.05) is 19.4 Å². The Morgan fingerprint density at radius 3 is 2.88 bits per heavy atom. The van der Waals surface area contributed by atoms with Crippen molar-refractivity contribution in [3.8, 4) is 11.5 Å². The van der Waals surface area contributed by atoms with Crippen molar-refractivity contribution in [3.63, 3.8) is 0 Å². The van der Waals surface area contributed by atoms with Crippen LogP contribution in [-0.4, -0.2) is 26.2 Å². The molecule has 5 heteroatoms. The largest absolute Gasteiger partial charge is 0.493 e. The summed E-state index contributed by atoms with van der Waals surface area (Å²) in [5.74, 6) is 2.09. The van der Waals surface area contributed by atoms with E-state index in [2.05, 4.69) is 12.2 Å². The van der Waals surface area contributed by atoms with Gasteiger partial charge in [0, 0.05) is 19.0 Å². The number of benzene rings is 1. The van der Waals surface area contributed by atoms with E-state index in [0.29, 0.717) is 25.3 Å². The number of hydrogen-bond acceptors (Lipinski definition) is 4. The minimum absolute atomic E-state index is 0.145. The van der Waals surface area contributed by atoms with E-state index < -0.39 is 0 Å². The Balaban J connectivity index is 1.85. The Kier molecular flexibility index (Phi) is 7.63. The first-order valence-electron chi connectivity index (χ1n) is 8.52. The predicted octanol–water partition coefficient (Wildman–Crippen LogP) is 3.84. The standard InChI is InChI=1S/C20H25NO4/c1-3-4-13-25-18-9-7-16(15-19(18)23-2)8-10-20(22)21-12-11-17-6-5-14-24-17/h5-10,14-15H,3-4,11-13H2,1-2H3,(H,21,22)/b10-8+.